The molecular formula is C11H12N4. The predicted molar refractivity (Wildman–Crippen MR) is 57.6 cm³/mol. The molecule has 76 valence electrons. The van der Waals surface area contributed by atoms with Crippen LogP contribution in [0, 0.1) is 0 Å². The lowest BCUT2D eigenvalue weighted by Gasteiger charge is -2.09. The second kappa shape index (κ2) is 3.38. The second-order valence-electron chi connectivity index (χ2n) is 3.85. The van der Waals surface area contributed by atoms with E-state index in [1.54, 1.807) is 0 Å². The van der Waals surface area contributed by atoms with Crippen LogP contribution in [0.1, 0.15) is 11.1 Å². The molecular weight excluding hydrogens is 188 g/mol. The van der Waals surface area contributed by atoms with Crippen molar-refractivity contribution in [3.05, 3.63) is 41.7 Å². The Labute approximate surface area is 87.7 Å². The fourth-order valence-corrected chi connectivity index (χ4v) is 2.13. The van der Waals surface area contributed by atoms with Crippen molar-refractivity contribution in [3.8, 4) is 0 Å². The van der Waals surface area contributed by atoms with Crippen molar-refractivity contribution >= 4 is 5.95 Å². The summed E-state index contributed by atoms with van der Waals surface area (Å²) in [5.74, 6) is 0.757. The number of hydrogen-bond acceptors (Lipinski definition) is 3. The molecule has 1 aliphatic rings. The topological polar surface area (TPSA) is 53.6 Å². The van der Waals surface area contributed by atoms with Gasteiger partial charge in [-0.2, -0.15) is 5.10 Å². The van der Waals surface area contributed by atoms with Crippen molar-refractivity contribution in [3.63, 3.8) is 0 Å². The van der Waals surface area contributed by atoms with E-state index in [0.717, 1.165) is 18.8 Å². The van der Waals surface area contributed by atoms with Gasteiger partial charge in [0.15, 0.2) is 0 Å². The highest BCUT2D eigenvalue weighted by molar-refractivity contribution is 5.37. The average Bonchev–Trinajstić information content (AvgIpc) is 2.86. The van der Waals surface area contributed by atoms with Crippen molar-refractivity contribution in [1.29, 1.82) is 0 Å². The van der Waals surface area contributed by atoms with Gasteiger partial charge in [-0.15, -0.1) is 0 Å². The number of anilines is 1. The van der Waals surface area contributed by atoms with Crippen LogP contribution in [0.4, 0.5) is 5.95 Å². The number of rotatable bonds is 2. The zero-order chi connectivity index (χ0) is 10.1. The number of benzene rings is 1. The lowest BCUT2D eigenvalue weighted by Crippen LogP contribution is -2.20. The van der Waals surface area contributed by atoms with Gasteiger partial charge in [0, 0.05) is 6.04 Å². The van der Waals surface area contributed by atoms with E-state index >= 15 is 0 Å². The summed E-state index contributed by atoms with van der Waals surface area (Å²) in [7, 11) is 0. The first-order valence-electron chi connectivity index (χ1n) is 5.10. The molecule has 0 fully saturated rings. The van der Waals surface area contributed by atoms with Gasteiger partial charge in [-0.3, -0.25) is 0 Å². The average molecular weight is 200 g/mol. The number of H-pyrrole nitrogens is 1. The van der Waals surface area contributed by atoms with Crippen LogP contribution in [0.5, 0.6) is 0 Å². The highest BCUT2D eigenvalue weighted by Crippen LogP contribution is 2.23. The first kappa shape index (κ1) is 8.47. The van der Waals surface area contributed by atoms with Gasteiger partial charge < -0.3 is 5.32 Å². The number of hydrogen-bond donors (Lipinski definition) is 2. The lowest BCUT2D eigenvalue weighted by molar-refractivity contribution is 0.763. The summed E-state index contributed by atoms with van der Waals surface area (Å²) in [6.07, 6.45) is 3.65. The Morgan fingerprint density at radius 2 is 1.93 bits per heavy atom. The summed E-state index contributed by atoms with van der Waals surface area (Å²) >= 11 is 0. The van der Waals surface area contributed by atoms with Crippen molar-refractivity contribution in [2.24, 2.45) is 0 Å². The third-order valence-electron chi connectivity index (χ3n) is 2.81. The largest absolute Gasteiger partial charge is 0.351 e. The molecule has 0 radical (unpaired) electrons. The Balaban J connectivity index is 1.74. The maximum Gasteiger partial charge on any atom is 0.218 e. The molecule has 0 saturated heterocycles. The van der Waals surface area contributed by atoms with Crippen molar-refractivity contribution in [1.82, 2.24) is 15.2 Å². The molecule has 0 saturated carbocycles. The van der Waals surface area contributed by atoms with Crippen LogP contribution in [0.15, 0.2) is 30.6 Å². The Bertz CT molecular complexity index is 422. The summed E-state index contributed by atoms with van der Waals surface area (Å²) < 4.78 is 0. The summed E-state index contributed by atoms with van der Waals surface area (Å²) in [6.45, 7) is 0. The first-order chi connectivity index (χ1) is 7.42. The Morgan fingerprint density at radius 3 is 2.53 bits per heavy atom. The smallest absolute Gasteiger partial charge is 0.218 e. The predicted octanol–water partition coefficient (Wildman–Crippen LogP) is 1.38. The molecule has 1 aromatic heterocycles. The minimum Gasteiger partial charge on any atom is -0.351 e. The monoisotopic (exact) mass is 200 g/mol. The van der Waals surface area contributed by atoms with Crippen molar-refractivity contribution in [2.45, 2.75) is 18.9 Å². The van der Waals surface area contributed by atoms with E-state index in [2.05, 4.69) is 44.8 Å². The third kappa shape index (κ3) is 1.58. The molecule has 0 spiro atoms. The van der Waals surface area contributed by atoms with E-state index in [9.17, 15) is 0 Å². The zero-order valence-electron chi connectivity index (χ0n) is 8.27. The molecule has 1 heterocycles. The van der Waals surface area contributed by atoms with Crippen LogP contribution in [0.2, 0.25) is 0 Å². The number of aromatic amines is 1. The lowest BCUT2D eigenvalue weighted by atomic mass is 10.1. The maximum atomic E-state index is 4.06. The zero-order valence-corrected chi connectivity index (χ0v) is 8.27. The van der Waals surface area contributed by atoms with E-state index in [-0.39, 0.29) is 0 Å². The van der Waals surface area contributed by atoms with Gasteiger partial charge in [-0.25, -0.2) is 10.1 Å². The standard InChI is InChI=1S/C11H12N4/c1-2-4-9-6-10(5-8(9)3-1)14-11-12-7-13-15-11/h1-4,7,10H,5-6H2,(H2,12,13,14,15). The Hall–Kier alpha value is -1.84. The van der Waals surface area contributed by atoms with E-state index in [4.69, 9.17) is 0 Å². The van der Waals surface area contributed by atoms with Crippen LogP contribution in [0.3, 0.4) is 0 Å². The van der Waals surface area contributed by atoms with E-state index < -0.39 is 0 Å². The van der Waals surface area contributed by atoms with E-state index in [1.165, 1.54) is 17.5 Å². The number of nitrogens with zero attached hydrogens (tertiary/aromatic N) is 2. The minimum atomic E-state index is 0.440. The summed E-state index contributed by atoms with van der Waals surface area (Å²) in [4.78, 5) is 4.06. The molecule has 0 unspecified atom stereocenters. The maximum absolute atomic E-state index is 4.06. The van der Waals surface area contributed by atoms with Crippen LogP contribution in [-0.4, -0.2) is 21.2 Å². The van der Waals surface area contributed by atoms with Gasteiger partial charge in [0.25, 0.3) is 0 Å². The summed E-state index contributed by atoms with van der Waals surface area (Å²) in [6, 6.07) is 9.01. The normalized spacial score (nSPS) is 15.2. The van der Waals surface area contributed by atoms with Gasteiger partial charge in [0.05, 0.1) is 0 Å². The van der Waals surface area contributed by atoms with E-state index in [0.29, 0.717) is 6.04 Å². The number of nitrogens with one attached hydrogen (secondary N) is 2. The van der Waals surface area contributed by atoms with E-state index in [1.807, 2.05) is 0 Å². The second-order valence-corrected chi connectivity index (χ2v) is 3.85. The molecule has 0 atom stereocenters. The molecule has 2 aromatic rings. The fraction of sp³-hybridized carbons (Fsp3) is 0.273. The van der Waals surface area contributed by atoms with Crippen LogP contribution >= 0.6 is 0 Å². The number of aromatic nitrogens is 3. The van der Waals surface area contributed by atoms with Gasteiger partial charge >= 0.3 is 0 Å². The van der Waals surface area contributed by atoms with Crippen molar-refractivity contribution in [2.75, 3.05) is 5.32 Å². The van der Waals surface area contributed by atoms with Gasteiger partial charge in [-0.05, 0) is 24.0 Å². The summed E-state index contributed by atoms with van der Waals surface area (Å²) in [5, 5.41) is 9.97. The quantitative estimate of drug-likeness (QED) is 0.770. The summed E-state index contributed by atoms with van der Waals surface area (Å²) in [5.41, 5.74) is 2.88. The number of fused-ring (bicyclic) bond motifs is 1. The molecule has 0 bridgehead atoms. The van der Waals surface area contributed by atoms with Gasteiger partial charge in [-0.1, -0.05) is 24.3 Å². The Kier molecular flexibility index (Phi) is 1.91. The molecule has 1 aromatic carbocycles. The van der Waals surface area contributed by atoms with Crippen LogP contribution < -0.4 is 5.32 Å². The highest BCUT2D eigenvalue weighted by Gasteiger charge is 2.20. The minimum absolute atomic E-state index is 0.440. The third-order valence-corrected chi connectivity index (χ3v) is 2.81. The SMILES string of the molecule is c1ccc2c(c1)CC(Nc1ncn[nH]1)C2. The van der Waals surface area contributed by atoms with Crippen LogP contribution in [-0.2, 0) is 12.8 Å². The highest BCUT2D eigenvalue weighted by atomic mass is 15.3. The molecule has 1 aliphatic carbocycles. The molecule has 2 N–H and O–H groups in total. The molecule has 4 heteroatoms. The van der Waals surface area contributed by atoms with Crippen LogP contribution in [0.25, 0.3) is 0 Å². The van der Waals surface area contributed by atoms with Gasteiger partial charge in [0.1, 0.15) is 6.33 Å². The van der Waals surface area contributed by atoms with Gasteiger partial charge in [0.2, 0.25) is 5.95 Å². The molecule has 4 nitrogen and oxygen atoms in total. The van der Waals surface area contributed by atoms with Crippen molar-refractivity contribution < 1.29 is 0 Å². The first-order valence-corrected chi connectivity index (χ1v) is 5.10. The molecule has 3 rings (SSSR count). The molecule has 15 heavy (non-hydrogen) atoms. The molecule has 0 amide bonds. The fourth-order valence-electron chi connectivity index (χ4n) is 2.13. The Morgan fingerprint density at radius 1 is 1.20 bits per heavy atom. The molecule has 0 aliphatic heterocycles.